The molecular formula is C18H20BF2NO6S. The van der Waals surface area contributed by atoms with E-state index in [9.17, 15) is 27.1 Å². The van der Waals surface area contributed by atoms with Crippen LogP contribution in [0.5, 0.6) is 0 Å². The highest BCUT2D eigenvalue weighted by molar-refractivity contribution is 7.90. The smallest absolute Gasteiger partial charge is 0.423 e. The van der Waals surface area contributed by atoms with Crippen LogP contribution < -0.4 is 10.8 Å². The Balaban J connectivity index is 2.11. The number of amides is 1. The van der Waals surface area contributed by atoms with Crippen LogP contribution in [0.25, 0.3) is 0 Å². The van der Waals surface area contributed by atoms with Crippen molar-refractivity contribution in [2.75, 3.05) is 12.9 Å². The van der Waals surface area contributed by atoms with Crippen molar-refractivity contribution >= 4 is 28.3 Å². The summed E-state index contributed by atoms with van der Waals surface area (Å²) >= 11 is 0. The lowest BCUT2D eigenvalue weighted by atomic mass is 9.79. The second kappa shape index (κ2) is 9.44. The number of rotatable bonds is 8. The van der Waals surface area contributed by atoms with Crippen LogP contribution in [0.4, 0.5) is 8.78 Å². The Kier molecular flexibility index (Phi) is 7.47. The van der Waals surface area contributed by atoms with Crippen LogP contribution in [0.3, 0.4) is 0 Å². The summed E-state index contributed by atoms with van der Waals surface area (Å²) in [5, 5.41) is 30.9. The van der Waals surface area contributed by atoms with Gasteiger partial charge in [-0.1, -0.05) is 24.3 Å². The SMILES string of the molecule is CS(=O)(=O)c1ccc(C(O)C(CF)NC(=O)Cc2cc(B(O)O)ccc2F)cc1. The van der Waals surface area contributed by atoms with Crippen LogP contribution in [0, 0.1) is 5.82 Å². The lowest BCUT2D eigenvalue weighted by molar-refractivity contribution is -0.122. The minimum Gasteiger partial charge on any atom is -0.423 e. The van der Waals surface area contributed by atoms with Crippen molar-refractivity contribution in [1.29, 1.82) is 0 Å². The highest BCUT2D eigenvalue weighted by Crippen LogP contribution is 2.20. The third-order valence-electron chi connectivity index (χ3n) is 4.26. The molecule has 1 amide bonds. The molecule has 0 aliphatic rings. The first-order chi connectivity index (χ1) is 13.5. The summed E-state index contributed by atoms with van der Waals surface area (Å²) in [5.41, 5.74) is 0.0527. The molecule has 2 rings (SSSR count). The molecule has 7 nitrogen and oxygen atoms in total. The first kappa shape index (κ1) is 22.9. The van der Waals surface area contributed by atoms with E-state index >= 15 is 0 Å². The van der Waals surface area contributed by atoms with E-state index in [2.05, 4.69) is 5.32 Å². The van der Waals surface area contributed by atoms with Crippen LogP contribution in [-0.4, -0.2) is 55.6 Å². The third kappa shape index (κ3) is 6.07. The molecule has 0 aliphatic carbocycles. The molecule has 0 saturated heterocycles. The van der Waals surface area contributed by atoms with E-state index in [-0.39, 0.29) is 21.5 Å². The second-order valence-electron chi connectivity index (χ2n) is 6.52. The summed E-state index contributed by atoms with van der Waals surface area (Å²) in [5.74, 6) is -1.54. The van der Waals surface area contributed by atoms with Crippen molar-refractivity contribution in [2.45, 2.75) is 23.5 Å². The Morgan fingerprint density at radius 2 is 1.79 bits per heavy atom. The molecule has 29 heavy (non-hydrogen) atoms. The maximum absolute atomic E-state index is 13.9. The third-order valence-corrected chi connectivity index (χ3v) is 5.39. The lowest BCUT2D eigenvalue weighted by Crippen LogP contribution is -2.42. The molecule has 0 fully saturated rings. The molecule has 0 aliphatic heterocycles. The topological polar surface area (TPSA) is 124 Å². The fourth-order valence-corrected chi connectivity index (χ4v) is 3.30. The Labute approximate surface area is 167 Å². The number of halogens is 2. The van der Waals surface area contributed by atoms with E-state index in [1.54, 1.807) is 0 Å². The van der Waals surface area contributed by atoms with Gasteiger partial charge in [0.15, 0.2) is 9.84 Å². The number of aliphatic hydroxyl groups excluding tert-OH is 1. The number of alkyl halides is 1. The molecule has 0 heterocycles. The summed E-state index contributed by atoms with van der Waals surface area (Å²) in [6, 6.07) is 7.00. The number of sulfone groups is 1. The predicted octanol–water partition coefficient (Wildman–Crippen LogP) is -0.361. The zero-order valence-corrected chi connectivity index (χ0v) is 16.2. The summed E-state index contributed by atoms with van der Waals surface area (Å²) in [6.07, 6.45) is -0.955. The largest absolute Gasteiger partial charge is 0.488 e. The van der Waals surface area contributed by atoms with Crippen molar-refractivity contribution < 1.29 is 37.1 Å². The number of aliphatic hydroxyl groups is 1. The van der Waals surface area contributed by atoms with Crippen molar-refractivity contribution in [2.24, 2.45) is 0 Å². The maximum atomic E-state index is 13.9. The molecule has 2 unspecified atom stereocenters. The summed E-state index contributed by atoms with van der Waals surface area (Å²) < 4.78 is 50.2. The zero-order chi connectivity index (χ0) is 21.8. The molecule has 0 aromatic heterocycles. The first-order valence-electron chi connectivity index (χ1n) is 8.50. The number of carbonyl (C=O) groups excluding carboxylic acids is 1. The monoisotopic (exact) mass is 427 g/mol. The van der Waals surface area contributed by atoms with Crippen molar-refractivity contribution in [3.63, 3.8) is 0 Å². The minimum atomic E-state index is -3.44. The highest BCUT2D eigenvalue weighted by Gasteiger charge is 2.24. The number of benzene rings is 2. The van der Waals surface area contributed by atoms with E-state index in [1.807, 2.05) is 0 Å². The Morgan fingerprint density at radius 3 is 2.31 bits per heavy atom. The number of carbonyl (C=O) groups is 1. The molecule has 0 radical (unpaired) electrons. The molecule has 4 N–H and O–H groups in total. The predicted molar refractivity (Wildman–Crippen MR) is 102 cm³/mol. The second-order valence-corrected chi connectivity index (χ2v) is 8.53. The molecule has 0 spiro atoms. The minimum absolute atomic E-state index is 0.0118. The summed E-state index contributed by atoms with van der Waals surface area (Å²) in [4.78, 5) is 12.2. The fraction of sp³-hybridized carbons (Fsp3) is 0.278. The Bertz CT molecular complexity index is 969. The fourth-order valence-electron chi connectivity index (χ4n) is 2.67. The van der Waals surface area contributed by atoms with Gasteiger partial charge in [0.25, 0.3) is 0 Å². The highest BCUT2D eigenvalue weighted by atomic mass is 32.2. The molecule has 156 valence electrons. The molecule has 2 aromatic rings. The lowest BCUT2D eigenvalue weighted by Gasteiger charge is -2.22. The molecular weight excluding hydrogens is 407 g/mol. The van der Waals surface area contributed by atoms with E-state index < -0.39 is 53.9 Å². The molecule has 11 heteroatoms. The van der Waals surface area contributed by atoms with E-state index in [0.29, 0.717) is 0 Å². The average molecular weight is 427 g/mol. The van der Waals surface area contributed by atoms with Gasteiger partial charge in [-0.2, -0.15) is 0 Å². The maximum Gasteiger partial charge on any atom is 0.488 e. The van der Waals surface area contributed by atoms with Gasteiger partial charge in [0.1, 0.15) is 18.6 Å². The van der Waals surface area contributed by atoms with Crippen molar-refractivity contribution in [3.8, 4) is 0 Å². The molecule has 2 aromatic carbocycles. The molecule has 0 bridgehead atoms. The van der Waals surface area contributed by atoms with Gasteiger partial charge in [-0.25, -0.2) is 17.2 Å². The first-order valence-corrected chi connectivity index (χ1v) is 10.4. The molecule has 2 atom stereocenters. The number of hydrogen-bond donors (Lipinski definition) is 4. The van der Waals surface area contributed by atoms with Gasteiger partial charge < -0.3 is 20.5 Å². The van der Waals surface area contributed by atoms with E-state index in [0.717, 1.165) is 24.5 Å². The quantitative estimate of drug-likeness (QED) is 0.427. The van der Waals surface area contributed by atoms with Gasteiger partial charge in [0.05, 0.1) is 17.4 Å². The van der Waals surface area contributed by atoms with Crippen molar-refractivity contribution in [1.82, 2.24) is 5.32 Å². The van der Waals surface area contributed by atoms with Gasteiger partial charge in [0.2, 0.25) is 5.91 Å². The Hall–Kier alpha value is -2.34. The number of hydrogen-bond acceptors (Lipinski definition) is 6. The Morgan fingerprint density at radius 1 is 1.17 bits per heavy atom. The summed E-state index contributed by atoms with van der Waals surface area (Å²) in [7, 11) is -5.28. The van der Waals surface area contributed by atoms with Gasteiger partial charge in [-0.05, 0) is 34.8 Å². The van der Waals surface area contributed by atoms with Crippen LogP contribution in [0.15, 0.2) is 47.4 Å². The van der Waals surface area contributed by atoms with Gasteiger partial charge >= 0.3 is 7.12 Å². The van der Waals surface area contributed by atoms with Crippen molar-refractivity contribution in [3.05, 3.63) is 59.4 Å². The van der Waals surface area contributed by atoms with E-state index in [4.69, 9.17) is 10.0 Å². The van der Waals surface area contributed by atoms with Gasteiger partial charge in [0, 0.05) is 6.26 Å². The average Bonchev–Trinajstić information content (AvgIpc) is 2.66. The van der Waals surface area contributed by atoms with E-state index in [1.165, 1.54) is 24.3 Å². The normalized spacial score (nSPS) is 13.6. The van der Waals surface area contributed by atoms with Gasteiger partial charge in [-0.3, -0.25) is 4.79 Å². The summed E-state index contributed by atoms with van der Waals surface area (Å²) in [6.45, 7) is -1.13. The van der Waals surface area contributed by atoms with Crippen LogP contribution in [0.2, 0.25) is 0 Å². The van der Waals surface area contributed by atoms with Crippen LogP contribution >= 0.6 is 0 Å². The van der Waals surface area contributed by atoms with Crippen LogP contribution in [-0.2, 0) is 21.1 Å². The van der Waals surface area contributed by atoms with Gasteiger partial charge in [-0.15, -0.1) is 0 Å². The zero-order valence-electron chi connectivity index (χ0n) is 15.4. The van der Waals surface area contributed by atoms with Crippen LogP contribution in [0.1, 0.15) is 17.2 Å². The standard InChI is InChI=1S/C18H20BF2NO6S/c1-29(27,28)14-5-2-11(3-6-14)18(24)16(10-20)22-17(23)9-12-8-13(19(25)26)4-7-15(12)21/h2-8,16,18,24-26H,9-10H2,1H3,(H,22,23). The number of nitrogens with one attached hydrogen (secondary N) is 1. The molecule has 0 saturated carbocycles.